The van der Waals surface area contributed by atoms with Crippen molar-refractivity contribution in [2.75, 3.05) is 6.54 Å². The lowest BCUT2D eigenvalue weighted by Crippen LogP contribution is -2.39. The minimum atomic E-state index is 0.0728. The quantitative estimate of drug-likeness (QED) is 0.872. The first-order valence-electron chi connectivity index (χ1n) is 7.48. The molecule has 0 aromatic carbocycles. The van der Waals surface area contributed by atoms with Gasteiger partial charge in [0.15, 0.2) is 0 Å². The molecule has 3 rings (SSSR count). The van der Waals surface area contributed by atoms with Crippen LogP contribution in [0.5, 0.6) is 0 Å². The van der Waals surface area contributed by atoms with Crippen molar-refractivity contribution in [1.29, 1.82) is 0 Å². The number of carbonyl (C=O) groups excluding carboxylic acids is 1. The highest BCUT2D eigenvalue weighted by Crippen LogP contribution is 2.32. The maximum atomic E-state index is 12.6. The molecule has 0 N–H and O–H groups in total. The van der Waals surface area contributed by atoms with Gasteiger partial charge in [0.1, 0.15) is 11.5 Å². The molecule has 0 spiro atoms. The number of amides is 1. The van der Waals surface area contributed by atoms with Crippen molar-refractivity contribution in [2.24, 2.45) is 7.05 Å². The Morgan fingerprint density at radius 3 is 2.90 bits per heavy atom. The van der Waals surface area contributed by atoms with Crippen molar-refractivity contribution in [3.8, 4) is 0 Å². The van der Waals surface area contributed by atoms with Gasteiger partial charge in [0.25, 0.3) is 0 Å². The van der Waals surface area contributed by atoms with Crippen molar-refractivity contribution in [3.05, 3.63) is 41.6 Å². The van der Waals surface area contributed by atoms with E-state index in [9.17, 15) is 4.79 Å². The van der Waals surface area contributed by atoms with Crippen LogP contribution in [0.1, 0.15) is 42.5 Å². The van der Waals surface area contributed by atoms with Crippen LogP contribution in [0, 0.1) is 6.92 Å². The Labute approximate surface area is 124 Å². The molecule has 112 valence electrons. The topological polar surface area (TPSA) is 51.3 Å². The zero-order valence-electron chi connectivity index (χ0n) is 12.6. The van der Waals surface area contributed by atoms with Gasteiger partial charge in [-0.3, -0.25) is 9.48 Å². The average Bonchev–Trinajstić information content (AvgIpc) is 3.07. The molecule has 1 amide bonds. The summed E-state index contributed by atoms with van der Waals surface area (Å²) >= 11 is 0. The number of hydrogen-bond acceptors (Lipinski definition) is 3. The van der Waals surface area contributed by atoms with E-state index in [1.807, 2.05) is 43.3 Å². The third kappa shape index (κ3) is 3.01. The van der Waals surface area contributed by atoms with Crippen LogP contribution in [-0.2, 0) is 18.3 Å². The minimum Gasteiger partial charge on any atom is -0.464 e. The summed E-state index contributed by atoms with van der Waals surface area (Å²) in [6.07, 6.45) is 5.39. The summed E-state index contributed by atoms with van der Waals surface area (Å²) in [5.74, 6) is 1.93. The van der Waals surface area contributed by atoms with Gasteiger partial charge < -0.3 is 9.32 Å². The van der Waals surface area contributed by atoms with Crippen molar-refractivity contribution >= 4 is 5.91 Å². The molecule has 21 heavy (non-hydrogen) atoms. The number of aromatic nitrogens is 2. The van der Waals surface area contributed by atoms with Crippen LogP contribution < -0.4 is 0 Å². The first kappa shape index (κ1) is 13.9. The molecule has 0 radical (unpaired) electrons. The normalized spacial score (nSPS) is 19.0. The standard InChI is InChI=1S/C16H21N3O2/c1-12-6-7-15(21-12)14-5-3-4-9-19(14)16(20)11-13-8-10-18(2)17-13/h6-8,10,14H,3-5,9,11H2,1-2H3. The molecular formula is C16H21N3O2. The van der Waals surface area contributed by atoms with Gasteiger partial charge in [0.2, 0.25) is 5.91 Å². The van der Waals surface area contributed by atoms with Crippen LogP contribution in [0.4, 0.5) is 0 Å². The van der Waals surface area contributed by atoms with Crippen LogP contribution in [0.3, 0.4) is 0 Å². The van der Waals surface area contributed by atoms with Gasteiger partial charge >= 0.3 is 0 Å². The molecule has 1 aliphatic rings. The molecular weight excluding hydrogens is 266 g/mol. The summed E-state index contributed by atoms with van der Waals surface area (Å²) in [6.45, 7) is 2.74. The van der Waals surface area contributed by atoms with E-state index in [1.165, 1.54) is 0 Å². The Bertz CT molecular complexity index is 629. The number of carbonyl (C=O) groups is 1. The molecule has 2 aromatic rings. The smallest absolute Gasteiger partial charge is 0.229 e. The zero-order valence-corrected chi connectivity index (χ0v) is 12.6. The molecule has 1 saturated heterocycles. The lowest BCUT2D eigenvalue weighted by atomic mass is 9.99. The number of rotatable bonds is 3. The van der Waals surface area contributed by atoms with Gasteiger partial charge in [0.05, 0.1) is 18.2 Å². The Morgan fingerprint density at radius 1 is 1.38 bits per heavy atom. The number of aryl methyl sites for hydroxylation is 2. The predicted octanol–water partition coefficient (Wildman–Crippen LogP) is 2.62. The van der Waals surface area contributed by atoms with E-state index in [-0.39, 0.29) is 11.9 Å². The van der Waals surface area contributed by atoms with E-state index in [1.54, 1.807) is 4.68 Å². The lowest BCUT2D eigenvalue weighted by Gasteiger charge is -2.34. The van der Waals surface area contributed by atoms with Gasteiger partial charge in [-0.25, -0.2) is 0 Å². The summed E-state index contributed by atoms with van der Waals surface area (Å²) in [5, 5.41) is 4.29. The van der Waals surface area contributed by atoms with Gasteiger partial charge in [-0.15, -0.1) is 0 Å². The molecule has 1 fully saturated rings. The maximum Gasteiger partial charge on any atom is 0.229 e. The summed E-state index contributed by atoms with van der Waals surface area (Å²) in [7, 11) is 1.86. The SMILES string of the molecule is Cc1ccc(C2CCCCN2C(=O)Cc2ccn(C)n2)o1. The van der Waals surface area contributed by atoms with Crippen molar-refractivity contribution in [2.45, 2.75) is 38.6 Å². The predicted molar refractivity (Wildman–Crippen MR) is 78.7 cm³/mol. The second-order valence-corrected chi connectivity index (χ2v) is 5.70. The Morgan fingerprint density at radius 2 is 2.24 bits per heavy atom. The Hall–Kier alpha value is -2.04. The van der Waals surface area contributed by atoms with E-state index in [4.69, 9.17) is 4.42 Å². The first-order chi connectivity index (χ1) is 10.1. The molecule has 1 atom stereocenters. The molecule has 0 saturated carbocycles. The fourth-order valence-electron chi connectivity index (χ4n) is 2.97. The largest absolute Gasteiger partial charge is 0.464 e. The number of hydrogen-bond donors (Lipinski definition) is 0. The van der Waals surface area contributed by atoms with Crippen LogP contribution in [-0.4, -0.2) is 27.1 Å². The number of likely N-dealkylation sites (tertiary alicyclic amines) is 1. The molecule has 3 heterocycles. The summed E-state index contributed by atoms with van der Waals surface area (Å²) in [4.78, 5) is 14.6. The van der Waals surface area contributed by atoms with Crippen LogP contribution in [0.25, 0.3) is 0 Å². The van der Waals surface area contributed by atoms with Gasteiger partial charge in [0, 0.05) is 19.8 Å². The maximum absolute atomic E-state index is 12.6. The second kappa shape index (κ2) is 5.76. The zero-order chi connectivity index (χ0) is 14.8. The summed E-state index contributed by atoms with van der Waals surface area (Å²) < 4.78 is 7.47. The Balaban J connectivity index is 1.75. The van der Waals surface area contributed by atoms with E-state index in [0.717, 1.165) is 43.0 Å². The highest BCUT2D eigenvalue weighted by molar-refractivity contribution is 5.78. The molecule has 5 nitrogen and oxygen atoms in total. The third-order valence-corrected chi connectivity index (χ3v) is 4.01. The molecule has 2 aromatic heterocycles. The van der Waals surface area contributed by atoms with Crippen molar-refractivity contribution in [3.63, 3.8) is 0 Å². The number of nitrogens with zero attached hydrogens (tertiary/aromatic N) is 3. The number of piperidine rings is 1. The second-order valence-electron chi connectivity index (χ2n) is 5.70. The van der Waals surface area contributed by atoms with Gasteiger partial charge in [-0.1, -0.05) is 0 Å². The summed E-state index contributed by atoms with van der Waals surface area (Å²) in [6, 6.07) is 5.93. The molecule has 0 aliphatic carbocycles. The van der Waals surface area contributed by atoms with Crippen LogP contribution >= 0.6 is 0 Å². The Kier molecular flexibility index (Phi) is 3.82. The summed E-state index contributed by atoms with van der Waals surface area (Å²) in [5.41, 5.74) is 0.822. The molecule has 1 unspecified atom stereocenters. The van der Waals surface area contributed by atoms with Crippen molar-refractivity contribution < 1.29 is 9.21 Å². The molecule has 1 aliphatic heterocycles. The fraction of sp³-hybridized carbons (Fsp3) is 0.500. The van der Waals surface area contributed by atoms with E-state index in [2.05, 4.69) is 5.10 Å². The van der Waals surface area contributed by atoms with E-state index < -0.39 is 0 Å². The van der Waals surface area contributed by atoms with E-state index >= 15 is 0 Å². The third-order valence-electron chi connectivity index (χ3n) is 4.01. The van der Waals surface area contributed by atoms with Crippen LogP contribution in [0.15, 0.2) is 28.8 Å². The fourth-order valence-corrected chi connectivity index (χ4v) is 2.97. The van der Waals surface area contributed by atoms with Gasteiger partial charge in [-0.05, 0) is 44.4 Å². The molecule has 5 heteroatoms. The monoisotopic (exact) mass is 287 g/mol. The first-order valence-corrected chi connectivity index (χ1v) is 7.48. The van der Waals surface area contributed by atoms with Gasteiger partial charge in [-0.2, -0.15) is 5.10 Å². The lowest BCUT2D eigenvalue weighted by molar-refractivity contribution is -0.134. The molecule has 0 bridgehead atoms. The van der Waals surface area contributed by atoms with Crippen molar-refractivity contribution in [1.82, 2.24) is 14.7 Å². The highest BCUT2D eigenvalue weighted by Gasteiger charge is 2.30. The highest BCUT2D eigenvalue weighted by atomic mass is 16.3. The minimum absolute atomic E-state index is 0.0728. The number of furan rings is 1. The average molecular weight is 287 g/mol. The van der Waals surface area contributed by atoms with Crippen LogP contribution in [0.2, 0.25) is 0 Å². The van der Waals surface area contributed by atoms with E-state index in [0.29, 0.717) is 6.42 Å².